The van der Waals surface area contributed by atoms with Crippen molar-refractivity contribution >= 4 is 6.08 Å². The maximum Gasteiger partial charge on any atom is 0.121 e. The standard InChI is InChI=1S/C11H10NO3/c1-2-9-15-11-5-3-10(4-6-11)7-8-12(13)14/h2-7H,1,9H2/q-1. The van der Waals surface area contributed by atoms with E-state index in [1.54, 1.807) is 30.3 Å². The Hall–Kier alpha value is -2.10. The zero-order valence-electron chi connectivity index (χ0n) is 8.05. The van der Waals surface area contributed by atoms with Crippen molar-refractivity contribution in [3.8, 4) is 5.75 Å². The van der Waals surface area contributed by atoms with E-state index >= 15 is 0 Å². The molecule has 4 heteroatoms. The molecule has 0 fully saturated rings. The van der Waals surface area contributed by atoms with E-state index in [2.05, 4.69) is 6.58 Å². The van der Waals surface area contributed by atoms with Gasteiger partial charge in [0.15, 0.2) is 0 Å². The summed E-state index contributed by atoms with van der Waals surface area (Å²) in [6.07, 6.45) is 4.91. The maximum atomic E-state index is 10.0. The van der Waals surface area contributed by atoms with Crippen molar-refractivity contribution in [2.45, 2.75) is 0 Å². The lowest BCUT2D eigenvalue weighted by atomic mass is 10.2. The zero-order valence-corrected chi connectivity index (χ0v) is 8.05. The van der Waals surface area contributed by atoms with Crippen LogP contribution in [0.1, 0.15) is 5.56 Å². The van der Waals surface area contributed by atoms with Crippen molar-refractivity contribution in [2.75, 3.05) is 6.61 Å². The van der Waals surface area contributed by atoms with Gasteiger partial charge in [0.25, 0.3) is 0 Å². The first-order valence-corrected chi connectivity index (χ1v) is 4.30. The van der Waals surface area contributed by atoms with Crippen LogP contribution in [0, 0.1) is 16.3 Å². The van der Waals surface area contributed by atoms with Crippen LogP contribution in [0.5, 0.6) is 5.75 Å². The molecule has 0 bridgehead atoms. The molecule has 0 spiro atoms. The van der Waals surface area contributed by atoms with Crippen LogP contribution < -0.4 is 4.74 Å². The average molecular weight is 204 g/mol. The van der Waals surface area contributed by atoms with Crippen molar-refractivity contribution in [2.24, 2.45) is 0 Å². The topological polar surface area (TPSA) is 52.4 Å². The van der Waals surface area contributed by atoms with E-state index in [4.69, 9.17) is 4.74 Å². The number of rotatable bonds is 5. The van der Waals surface area contributed by atoms with Crippen LogP contribution in [0.2, 0.25) is 0 Å². The normalized spacial score (nSPS) is 10.1. The van der Waals surface area contributed by atoms with E-state index < -0.39 is 4.92 Å². The summed E-state index contributed by atoms with van der Waals surface area (Å²) < 4.78 is 5.25. The zero-order chi connectivity index (χ0) is 11.1. The SMILES string of the molecule is C=CCOc1ccc(C=[C-][N+](=O)[O-])cc1. The molecule has 0 amide bonds. The Morgan fingerprint density at radius 3 is 2.67 bits per heavy atom. The summed E-state index contributed by atoms with van der Waals surface area (Å²) in [4.78, 5) is 9.39. The van der Waals surface area contributed by atoms with Crippen LogP contribution in [-0.2, 0) is 0 Å². The Labute approximate surface area is 87.6 Å². The molecule has 0 saturated carbocycles. The third kappa shape index (κ3) is 4.08. The van der Waals surface area contributed by atoms with Crippen molar-refractivity contribution in [1.29, 1.82) is 0 Å². The second kappa shape index (κ2) is 5.59. The number of benzene rings is 1. The molecule has 0 aliphatic heterocycles. The summed E-state index contributed by atoms with van der Waals surface area (Å²) in [5.41, 5.74) is 0.706. The molecule has 0 aromatic heterocycles. The van der Waals surface area contributed by atoms with Crippen molar-refractivity contribution in [3.63, 3.8) is 0 Å². The molecule has 0 radical (unpaired) electrons. The van der Waals surface area contributed by atoms with Gasteiger partial charge in [-0.05, 0) is 17.1 Å². The molecule has 0 saturated heterocycles. The molecule has 1 rings (SSSR count). The molecular weight excluding hydrogens is 194 g/mol. The van der Waals surface area contributed by atoms with E-state index in [1.165, 1.54) is 6.08 Å². The van der Waals surface area contributed by atoms with Gasteiger partial charge in [-0.25, -0.2) is 0 Å². The highest BCUT2D eigenvalue weighted by Crippen LogP contribution is 2.12. The fourth-order valence-corrected chi connectivity index (χ4v) is 0.943. The van der Waals surface area contributed by atoms with Crippen LogP contribution in [0.3, 0.4) is 0 Å². The minimum absolute atomic E-state index is 0.441. The fourth-order valence-electron chi connectivity index (χ4n) is 0.943. The van der Waals surface area contributed by atoms with E-state index in [1.807, 2.05) is 6.20 Å². The smallest absolute Gasteiger partial charge is 0.121 e. The quantitative estimate of drug-likeness (QED) is 0.243. The van der Waals surface area contributed by atoms with Crippen LogP contribution in [0.25, 0.3) is 6.08 Å². The Morgan fingerprint density at radius 2 is 2.13 bits per heavy atom. The number of ether oxygens (including phenoxy) is 1. The van der Waals surface area contributed by atoms with Crippen LogP contribution in [-0.4, -0.2) is 11.5 Å². The van der Waals surface area contributed by atoms with E-state index in [0.29, 0.717) is 17.9 Å². The molecule has 0 heterocycles. The molecule has 0 aliphatic rings. The van der Waals surface area contributed by atoms with Gasteiger partial charge in [0, 0.05) is 0 Å². The molecule has 0 aliphatic carbocycles. The van der Waals surface area contributed by atoms with Gasteiger partial charge in [0.2, 0.25) is 0 Å². The van der Waals surface area contributed by atoms with E-state index in [-0.39, 0.29) is 0 Å². The Kier molecular flexibility index (Phi) is 4.09. The van der Waals surface area contributed by atoms with E-state index in [9.17, 15) is 10.1 Å². The summed E-state index contributed by atoms with van der Waals surface area (Å²) in [6, 6.07) is 6.90. The minimum Gasteiger partial charge on any atom is -0.490 e. The first kappa shape index (κ1) is 11.0. The number of hydrogen-bond acceptors (Lipinski definition) is 3. The van der Waals surface area contributed by atoms with Gasteiger partial charge < -0.3 is 4.74 Å². The summed E-state index contributed by atoms with van der Waals surface area (Å²) in [5.74, 6) is 0.702. The number of nitrogens with zero attached hydrogens (tertiary/aromatic N) is 1. The lowest BCUT2D eigenvalue weighted by molar-refractivity contribution is -0.417. The van der Waals surface area contributed by atoms with Crippen molar-refractivity contribution in [1.82, 2.24) is 0 Å². The molecule has 0 N–H and O–H groups in total. The predicted molar refractivity (Wildman–Crippen MR) is 56.8 cm³/mol. The van der Waals surface area contributed by atoms with Crippen LogP contribution in [0.4, 0.5) is 0 Å². The molecular formula is C11H10NO3-. The maximum absolute atomic E-state index is 10.0. The summed E-state index contributed by atoms with van der Waals surface area (Å²) >= 11 is 0. The second-order valence-corrected chi connectivity index (χ2v) is 2.70. The fraction of sp³-hybridized carbons (Fsp3) is 0.0909. The van der Waals surface area contributed by atoms with Crippen LogP contribution in [0.15, 0.2) is 36.9 Å². The number of hydrogen-bond donors (Lipinski definition) is 0. The summed E-state index contributed by atoms with van der Waals surface area (Å²) in [7, 11) is 0. The Balaban J connectivity index is 2.63. The van der Waals surface area contributed by atoms with E-state index in [0.717, 1.165) is 0 Å². The molecule has 0 atom stereocenters. The third-order valence-corrected chi connectivity index (χ3v) is 1.58. The highest BCUT2D eigenvalue weighted by atomic mass is 16.6. The lowest BCUT2D eigenvalue weighted by Gasteiger charge is -2.05. The monoisotopic (exact) mass is 204 g/mol. The Morgan fingerprint density at radius 1 is 1.47 bits per heavy atom. The van der Waals surface area contributed by atoms with Gasteiger partial charge in [-0.15, -0.1) is 12.1 Å². The largest absolute Gasteiger partial charge is 0.490 e. The average Bonchev–Trinajstić information content (AvgIpc) is 2.25. The Bertz CT molecular complexity index is 368. The molecule has 0 unspecified atom stereocenters. The predicted octanol–water partition coefficient (Wildman–Crippen LogP) is 2.30. The van der Waals surface area contributed by atoms with Gasteiger partial charge >= 0.3 is 0 Å². The number of nitro groups is 1. The second-order valence-electron chi connectivity index (χ2n) is 2.70. The first-order chi connectivity index (χ1) is 7.22. The highest BCUT2D eigenvalue weighted by Gasteiger charge is 1.87. The minimum atomic E-state index is -0.623. The van der Waals surface area contributed by atoms with Gasteiger partial charge in [-0.2, -0.15) is 11.6 Å². The van der Waals surface area contributed by atoms with Gasteiger partial charge in [-0.3, -0.25) is 10.1 Å². The first-order valence-electron chi connectivity index (χ1n) is 4.30. The van der Waals surface area contributed by atoms with Crippen LogP contribution >= 0.6 is 0 Å². The molecule has 4 nitrogen and oxygen atoms in total. The molecule has 1 aromatic carbocycles. The van der Waals surface area contributed by atoms with Gasteiger partial charge in [0.1, 0.15) is 18.6 Å². The molecule has 78 valence electrons. The summed E-state index contributed by atoms with van der Waals surface area (Å²) in [6.45, 7) is 3.97. The van der Waals surface area contributed by atoms with Crippen molar-refractivity contribution in [3.05, 3.63) is 58.8 Å². The molecule has 1 aromatic rings. The van der Waals surface area contributed by atoms with Gasteiger partial charge in [0.05, 0.1) is 0 Å². The molecule has 15 heavy (non-hydrogen) atoms. The summed E-state index contributed by atoms with van der Waals surface area (Å²) in [5, 5.41) is 10.0. The van der Waals surface area contributed by atoms with Gasteiger partial charge in [-0.1, -0.05) is 12.7 Å². The lowest BCUT2D eigenvalue weighted by Crippen LogP contribution is -1.92. The highest BCUT2D eigenvalue weighted by molar-refractivity contribution is 5.48. The van der Waals surface area contributed by atoms with Crippen molar-refractivity contribution < 1.29 is 9.66 Å². The third-order valence-electron chi connectivity index (χ3n) is 1.58.